The lowest BCUT2D eigenvalue weighted by atomic mass is 10.1. The predicted molar refractivity (Wildman–Crippen MR) is 128 cm³/mol. The number of morpholine rings is 1. The number of fused-ring (bicyclic) bond motifs is 2. The topological polar surface area (TPSA) is 99.7 Å². The van der Waals surface area contributed by atoms with E-state index in [1.54, 1.807) is 10.9 Å². The maximum Gasteiger partial charge on any atom is 0.279 e. The second-order valence-corrected chi connectivity index (χ2v) is 9.17. The van der Waals surface area contributed by atoms with Crippen molar-refractivity contribution in [1.82, 2.24) is 34.4 Å². The number of carbonyl (C=O) groups excluding carboxylic acids is 1. The van der Waals surface area contributed by atoms with Crippen LogP contribution in [-0.4, -0.2) is 60.6 Å². The number of benzene rings is 1. The summed E-state index contributed by atoms with van der Waals surface area (Å²) < 4.78 is 9.47. The molecule has 1 fully saturated rings. The number of amides is 1. The van der Waals surface area contributed by atoms with Crippen LogP contribution in [-0.2, 0) is 21.4 Å². The Morgan fingerprint density at radius 2 is 2.00 bits per heavy atom. The van der Waals surface area contributed by atoms with Gasteiger partial charge in [0.05, 0.1) is 32.0 Å². The van der Waals surface area contributed by atoms with Crippen molar-refractivity contribution in [2.75, 3.05) is 20.3 Å². The molecule has 1 atom stereocenters. The van der Waals surface area contributed by atoms with Crippen molar-refractivity contribution >= 4 is 34.2 Å². The number of nitrogens with zero attached hydrogens (tertiary/aromatic N) is 7. The zero-order valence-corrected chi connectivity index (χ0v) is 19.8. The fourth-order valence-corrected chi connectivity index (χ4v) is 4.96. The first-order chi connectivity index (χ1) is 17.1. The molecule has 1 aliphatic heterocycles. The number of pyridine rings is 2. The summed E-state index contributed by atoms with van der Waals surface area (Å²) in [5.41, 5.74) is 4.34. The van der Waals surface area contributed by atoms with Crippen molar-refractivity contribution in [3.05, 3.63) is 66.7 Å². The van der Waals surface area contributed by atoms with E-state index in [-0.39, 0.29) is 5.91 Å². The van der Waals surface area contributed by atoms with Crippen molar-refractivity contribution in [3.8, 4) is 11.1 Å². The Hall–Kier alpha value is -3.80. The minimum atomic E-state index is -0.733. The number of hydroxylamine groups is 2. The third-order valence-corrected chi connectivity index (χ3v) is 6.81. The molecule has 0 aliphatic carbocycles. The molecule has 1 saturated heterocycles. The number of ether oxygens (including phenoxy) is 1. The summed E-state index contributed by atoms with van der Waals surface area (Å²) in [5.74, 6) is -0.232. The normalized spacial score (nSPS) is 16.5. The van der Waals surface area contributed by atoms with E-state index in [0.29, 0.717) is 18.7 Å². The first-order valence-electron chi connectivity index (χ1n) is 11.0. The van der Waals surface area contributed by atoms with Crippen LogP contribution >= 0.6 is 11.8 Å². The molecule has 1 unspecified atom stereocenters. The van der Waals surface area contributed by atoms with E-state index in [0.717, 1.165) is 37.7 Å². The highest BCUT2D eigenvalue weighted by Crippen LogP contribution is 2.32. The van der Waals surface area contributed by atoms with Gasteiger partial charge < -0.3 is 4.74 Å². The van der Waals surface area contributed by atoms with Gasteiger partial charge in [-0.1, -0.05) is 0 Å². The van der Waals surface area contributed by atoms with Crippen LogP contribution in [0, 0.1) is 0 Å². The summed E-state index contributed by atoms with van der Waals surface area (Å²) in [6.07, 6.45) is 6.77. The number of hydrogen-bond donors (Lipinski definition) is 0. The van der Waals surface area contributed by atoms with Gasteiger partial charge in [-0.3, -0.25) is 23.7 Å². The van der Waals surface area contributed by atoms with Crippen LogP contribution in [0.3, 0.4) is 0 Å². The third kappa shape index (κ3) is 4.03. The minimum Gasteiger partial charge on any atom is -0.362 e. The van der Waals surface area contributed by atoms with Crippen LogP contribution in [0.5, 0.6) is 0 Å². The number of aromatic nitrogens is 6. The molecule has 5 heterocycles. The second kappa shape index (κ2) is 8.77. The van der Waals surface area contributed by atoms with Crippen LogP contribution < -0.4 is 0 Å². The van der Waals surface area contributed by atoms with E-state index >= 15 is 0 Å². The van der Waals surface area contributed by atoms with Crippen molar-refractivity contribution in [2.45, 2.75) is 16.2 Å². The Kier molecular flexibility index (Phi) is 5.44. The molecule has 4 aromatic heterocycles. The van der Waals surface area contributed by atoms with E-state index < -0.39 is 6.10 Å². The standard InChI is InChI=1S/C24H21N7O3S/c1-29-13-18(12-26-29)15-3-6-21-27-28-24(30(21)14-15)35-19-4-5-20-16(10-19)9-17(11-25-20)22-23(32)31(33-2)7-8-34-22/h3-6,9-14,22H,7-8H2,1-2H3. The van der Waals surface area contributed by atoms with Gasteiger partial charge in [0, 0.05) is 52.6 Å². The molecule has 1 amide bonds. The molecule has 0 saturated carbocycles. The molecule has 0 bridgehead atoms. The van der Waals surface area contributed by atoms with Crippen LogP contribution in [0.25, 0.3) is 27.7 Å². The first kappa shape index (κ1) is 21.7. The summed E-state index contributed by atoms with van der Waals surface area (Å²) in [6.45, 7) is 0.807. The lowest BCUT2D eigenvalue weighted by Crippen LogP contribution is -2.42. The SMILES string of the molecule is CON1CCOC(c2cnc3ccc(Sc4nnc5ccc(-c6cnn(C)c6)cn45)cc3c2)C1=O. The Labute approximate surface area is 204 Å². The molecule has 1 aliphatic rings. The molecule has 0 N–H and O–H groups in total. The average molecular weight is 488 g/mol. The molecule has 6 rings (SSSR count). The van der Waals surface area contributed by atoms with Gasteiger partial charge in [-0.2, -0.15) is 5.10 Å². The van der Waals surface area contributed by atoms with E-state index in [1.807, 2.05) is 66.4 Å². The Bertz CT molecular complexity index is 1560. The lowest BCUT2D eigenvalue weighted by Gasteiger charge is -2.30. The average Bonchev–Trinajstić information content (AvgIpc) is 3.49. The van der Waals surface area contributed by atoms with Crippen LogP contribution in [0.1, 0.15) is 11.7 Å². The fraction of sp³-hybridized carbons (Fsp3) is 0.208. The highest BCUT2D eigenvalue weighted by molar-refractivity contribution is 7.99. The highest BCUT2D eigenvalue weighted by atomic mass is 32.2. The maximum absolute atomic E-state index is 12.6. The Morgan fingerprint density at radius 1 is 1.09 bits per heavy atom. The van der Waals surface area contributed by atoms with Crippen LogP contribution in [0.4, 0.5) is 0 Å². The fourth-order valence-electron chi connectivity index (χ4n) is 4.11. The van der Waals surface area contributed by atoms with Crippen molar-refractivity contribution in [2.24, 2.45) is 7.05 Å². The largest absolute Gasteiger partial charge is 0.362 e. The van der Waals surface area contributed by atoms with Crippen molar-refractivity contribution in [3.63, 3.8) is 0 Å². The summed E-state index contributed by atoms with van der Waals surface area (Å²) in [4.78, 5) is 23.3. The smallest absolute Gasteiger partial charge is 0.279 e. The van der Waals surface area contributed by atoms with E-state index in [2.05, 4.69) is 20.3 Å². The minimum absolute atomic E-state index is 0.232. The highest BCUT2D eigenvalue weighted by Gasteiger charge is 2.31. The number of carbonyl (C=O) groups is 1. The van der Waals surface area contributed by atoms with Crippen LogP contribution in [0.2, 0.25) is 0 Å². The van der Waals surface area contributed by atoms with Gasteiger partial charge in [-0.15, -0.1) is 10.2 Å². The van der Waals surface area contributed by atoms with Gasteiger partial charge in [-0.05, 0) is 48.2 Å². The number of aryl methyl sites for hydroxylation is 1. The molecule has 5 aromatic rings. The van der Waals surface area contributed by atoms with E-state index in [1.165, 1.54) is 23.9 Å². The summed E-state index contributed by atoms with van der Waals surface area (Å²) >= 11 is 1.51. The zero-order chi connectivity index (χ0) is 23.9. The first-order valence-corrected chi connectivity index (χ1v) is 11.8. The van der Waals surface area contributed by atoms with Crippen molar-refractivity contribution < 1.29 is 14.4 Å². The predicted octanol–water partition coefficient (Wildman–Crippen LogP) is 3.29. The summed E-state index contributed by atoms with van der Waals surface area (Å²) in [6, 6.07) is 11.9. The van der Waals surface area contributed by atoms with E-state index in [9.17, 15) is 4.79 Å². The zero-order valence-electron chi connectivity index (χ0n) is 19.0. The maximum atomic E-state index is 12.6. The number of rotatable bonds is 5. The number of hydrogen-bond acceptors (Lipinski definition) is 8. The van der Waals surface area contributed by atoms with Crippen molar-refractivity contribution in [1.29, 1.82) is 0 Å². The van der Waals surface area contributed by atoms with E-state index in [4.69, 9.17) is 9.57 Å². The van der Waals surface area contributed by atoms with Gasteiger partial charge in [0.25, 0.3) is 5.91 Å². The molecule has 1 aromatic carbocycles. The molecular weight excluding hydrogens is 466 g/mol. The van der Waals surface area contributed by atoms with Gasteiger partial charge in [0.1, 0.15) is 0 Å². The van der Waals surface area contributed by atoms with Gasteiger partial charge in [0.15, 0.2) is 16.9 Å². The Morgan fingerprint density at radius 3 is 2.83 bits per heavy atom. The second-order valence-electron chi connectivity index (χ2n) is 8.13. The third-order valence-electron chi connectivity index (χ3n) is 5.86. The molecular formula is C24H21N7O3S. The molecule has 0 spiro atoms. The summed E-state index contributed by atoms with van der Waals surface area (Å²) in [5, 5.41) is 15.9. The molecule has 176 valence electrons. The quantitative estimate of drug-likeness (QED) is 0.372. The summed E-state index contributed by atoms with van der Waals surface area (Å²) in [7, 11) is 3.38. The monoisotopic (exact) mass is 487 g/mol. The molecule has 10 nitrogen and oxygen atoms in total. The van der Waals surface area contributed by atoms with Crippen LogP contribution in [0.15, 0.2) is 71.2 Å². The van der Waals surface area contributed by atoms with Gasteiger partial charge >= 0.3 is 0 Å². The van der Waals surface area contributed by atoms with Gasteiger partial charge in [0.2, 0.25) is 0 Å². The Balaban J connectivity index is 1.32. The molecule has 11 heteroatoms. The molecule has 35 heavy (non-hydrogen) atoms. The molecule has 0 radical (unpaired) electrons. The van der Waals surface area contributed by atoms with Gasteiger partial charge in [-0.25, -0.2) is 5.06 Å². The lowest BCUT2D eigenvalue weighted by molar-refractivity contribution is -0.206.